The molecule has 0 aromatic carbocycles. The predicted molar refractivity (Wildman–Crippen MR) is 55.0 cm³/mol. The van der Waals surface area contributed by atoms with Gasteiger partial charge in [-0.25, -0.2) is 18.3 Å². The SMILES string of the molecule is O=P(O)(O)OP(=O)(O)OP(=O)(O)OP(=O)(O)O.[Ba+2].[H-].[H-]. The molecule has 0 heterocycles. The molecule has 2 unspecified atom stereocenters. The van der Waals surface area contributed by atoms with Crippen LogP contribution in [0.1, 0.15) is 2.85 Å². The maximum atomic E-state index is 10.7. The summed E-state index contributed by atoms with van der Waals surface area (Å²) in [6, 6.07) is 0. The van der Waals surface area contributed by atoms with Crippen LogP contribution in [-0.4, -0.2) is 78.2 Å². The summed E-state index contributed by atoms with van der Waals surface area (Å²) in [4.78, 5) is 49.4. The number of phosphoric acid groups is 4. The molecule has 0 aromatic heterocycles. The van der Waals surface area contributed by atoms with Crippen molar-refractivity contribution in [3.05, 3.63) is 0 Å². The summed E-state index contributed by atoms with van der Waals surface area (Å²) in [6.07, 6.45) is 0. The Balaban J connectivity index is -0.000000427. The van der Waals surface area contributed by atoms with Gasteiger partial charge in [0.1, 0.15) is 0 Å². The third-order valence-electron chi connectivity index (χ3n) is 0.625. The summed E-state index contributed by atoms with van der Waals surface area (Å²) in [5.74, 6) is 0. The number of hydrogen-bond acceptors (Lipinski definition) is 7. The molecule has 0 aliphatic heterocycles. The van der Waals surface area contributed by atoms with Gasteiger partial charge in [0, 0.05) is 0 Å². The van der Waals surface area contributed by atoms with Gasteiger partial charge in [0.25, 0.3) is 0 Å². The Bertz CT molecular complexity index is 417. The van der Waals surface area contributed by atoms with Gasteiger partial charge in [-0.05, 0) is 0 Å². The first kappa shape index (κ1) is 22.4. The van der Waals surface area contributed by atoms with Crippen LogP contribution in [0.5, 0.6) is 0 Å². The Morgan fingerprint density at radius 3 is 1.00 bits per heavy atom. The molecule has 0 radical (unpaired) electrons. The maximum Gasteiger partial charge on any atom is 2.00 e. The second-order valence-electron chi connectivity index (χ2n) is 2.16. The molecule has 0 aliphatic carbocycles. The van der Waals surface area contributed by atoms with Crippen molar-refractivity contribution in [1.82, 2.24) is 0 Å². The molecule has 2 atom stereocenters. The minimum Gasteiger partial charge on any atom is -1.00 e. The van der Waals surface area contributed by atoms with Gasteiger partial charge in [0.15, 0.2) is 0 Å². The van der Waals surface area contributed by atoms with E-state index >= 15 is 0 Å². The predicted octanol–water partition coefficient (Wildman–Crippen LogP) is -0.733. The largest absolute Gasteiger partial charge is 2.00 e. The van der Waals surface area contributed by atoms with E-state index in [-0.39, 0.29) is 51.7 Å². The molecule has 18 heavy (non-hydrogen) atoms. The van der Waals surface area contributed by atoms with Crippen LogP contribution in [-0.2, 0) is 31.2 Å². The molecule has 0 fully saturated rings. The summed E-state index contributed by atoms with van der Waals surface area (Å²) in [7, 11) is -22.6. The van der Waals surface area contributed by atoms with Crippen molar-refractivity contribution in [2.24, 2.45) is 0 Å². The van der Waals surface area contributed by atoms with Crippen LogP contribution in [0.2, 0.25) is 0 Å². The van der Waals surface area contributed by atoms with Gasteiger partial charge in [0.2, 0.25) is 0 Å². The van der Waals surface area contributed by atoms with E-state index in [9.17, 15) is 18.3 Å². The van der Waals surface area contributed by atoms with Gasteiger partial charge in [0.05, 0.1) is 0 Å². The third-order valence-corrected chi connectivity index (χ3v) is 5.63. The molecule has 0 saturated carbocycles. The van der Waals surface area contributed by atoms with Crippen LogP contribution >= 0.6 is 31.3 Å². The normalized spacial score (nSPS) is 19.4. The molecule has 18 heteroatoms. The average molecular weight is 477 g/mol. The summed E-state index contributed by atoms with van der Waals surface area (Å²) in [6.45, 7) is 0. The smallest absolute Gasteiger partial charge is 1.00 e. The summed E-state index contributed by atoms with van der Waals surface area (Å²) >= 11 is 0. The van der Waals surface area contributed by atoms with E-state index in [1.54, 1.807) is 0 Å². The van der Waals surface area contributed by atoms with Gasteiger partial charge in [-0.15, -0.1) is 0 Å². The molecule has 0 aromatic rings. The minimum atomic E-state index is -5.77. The van der Waals surface area contributed by atoms with E-state index in [1.807, 2.05) is 0 Å². The van der Waals surface area contributed by atoms with Crippen molar-refractivity contribution in [3.63, 3.8) is 0 Å². The van der Waals surface area contributed by atoms with Gasteiger partial charge in [-0.2, -0.15) is 12.9 Å². The van der Waals surface area contributed by atoms with E-state index in [0.717, 1.165) is 0 Å². The summed E-state index contributed by atoms with van der Waals surface area (Å²) < 4.78 is 50.9. The van der Waals surface area contributed by atoms with Gasteiger partial charge in [-0.3, -0.25) is 0 Å². The van der Waals surface area contributed by atoms with Crippen LogP contribution < -0.4 is 0 Å². The molecule has 0 bridgehead atoms. The Morgan fingerprint density at radius 1 is 0.611 bits per heavy atom. The summed E-state index contributed by atoms with van der Waals surface area (Å²) in [5.41, 5.74) is 0. The van der Waals surface area contributed by atoms with Crippen molar-refractivity contribution in [3.8, 4) is 0 Å². The van der Waals surface area contributed by atoms with Crippen LogP contribution in [0.4, 0.5) is 0 Å². The first-order chi connectivity index (χ1) is 7.12. The molecule has 0 rings (SSSR count). The second-order valence-corrected chi connectivity index (χ2v) is 7.96. The Kier molecular flexibility index (Phi) is 9.23. The van der Waals surface area contributed by atoms with Crippen LogP contribution in [0.3, 0.4) is 0 Å². The van der Waals surface area contributed by atoms with Gasteiger partial charge >= 0.3 is 80.2 Å². The molecule has 0 spiro atoms. The van der Waals surface area contributed by atoms with E-state index in [4.69, 9.17) is 29.4 Å². The fourth-order valence-electron chi connectivity index (χ4n) is 0.429. The van der Waals surface area contributed by atoms with Crippen LogP contribution in [0, 0.1) is 0 Å². The van der Waals surface area contributed by atoms with Crippen molar-refractivity contribution >= 4 is 80.2 Å². The Hall–Kier alpha value is 2.13. The number of rotatable bonds is 6. The maximum absolute atomic E-state index is 10.7. The molecule has 13 nitrogen and oxygen atoms in total. The Labute approximate surface area is 142 Å². The molecular formula is H8BaO13P4. The van der Waals surface area contributed by atoms with Crippen LogP contribution in [0.15, 0.2) is 0 Å². The zero-order valence-electron chi connectivity index (χ0n) is 10.0. The molecule has 0 saturated heterocycles. The monoisotopic (exact) mass is 478 g/mol. The summed E-state index contributed by atoms with van der Waals surface area (Å²) in [5, 5.41) is 0. The molecule has 0 amide bonds. The van der Waals surface area contributed by atoms with Crippen LogP contribution in [0.25, 0.3) is 0 Å². The average Bonchev–Trinajstić information content (AvgIpc) is 1.65. The quantitative estimate of drug-likeness (QED) is 0.206. The topological polar surface area (TPSA) is 217 Å². The van der Waals surface area contributed by atoms with Crippen molar-refractivity contribution in [2.45, 2.75) is 0 Å². The first-order valence-electron chi connectivity index (χ1n) is 3.03. The fourth-order valence-corrected chi connectivity index (χ4v) is 4.40. The fraction of sp³-hybridized carbons (Fsp3) is 0. The molecule has 108 valence electrons. The zero-order chi connectivity index (χ0) is 14.1. The van der Waals surface area contributed by atoms with Crippen molar-refractivity contribution in [1.29, 1.82) is 0 Å². The van der Waals surface area contributed by atoms with Crippen molar-refractivity contribution in [2.75, 3.05) is 0 Å². The zero-order valence-corrected chi connectivity index (χ0v) is 16.1. The third kappa shape index (κ3) is 13.1. The molecular weight excluding hydrogens is 469 g/mol. The van der Waals surface area contributed by atoms with Crippen molar-refractivity contribution < 1.29 is 63.4 Å². The number of hydrogen-bond donors (Lipinski definition) is 6. The van der Waals surface area contributed by atoms with E-state index in [0.29, 0.717) is 0 Å². The Morgan fingerprint density at radius 2 is 0.833 bits per heavy atom. The van der Waals surface area contributed by atoms with Gasteiger partial charge < -0.3 is 32.2 Å². The minimum absolute atomic E-state index is 0. The molecule has 6 N–H and O–H groups in total. The second kappa shape index (κ2) is 7.41. The molecule has 0 aliphatic rings. The van der Waals surface area contributed by atoms with E-state index in [2.05, 4.69) is 12.9 Å². The van der Waals surface area contributed by atoms with Gasteiger partial charge in [-0.1, -0.05) is 0 Å². The first-order valence-corrected chi connectivity index (χ1v) is 9.08. The van der Waals surface area contributed by atoms with E-state index in [1.165, 1.54) is 0 Å². The van der Waals surface area contributed by atoms with E-state index < -0.39 is 31.3 Å². The standard InChI is InChI=1S/Ba.H6O13P4.2H/c;1-14(2,3)11-16(7,8)13-17(9,10)12-15(4,5)6;;/h;(H,7,8)(H,9,10)(H2,1,2,3)(H2,4,5,6);;/q+2;;2*-1.